The summed E-state index contributed by atoms with van der Waals surface area (Å²) < 4.78 is 52.3. The monoisotopic (exact) mass is 815 g/mol. The van der Waals surface area contributed by atoms with Crippen LogP contribution < -0.4 is 24.8 Å². The normalized spacial score (nSPS) is 25.6. The molecule has 308 valence electrons. The summed E-state index contributed by atoms with van der Waals surface area (Å²) in [5.74, 6) is -1.44. The number of nitrogens with zero attached hydrogens (tertiary/aromatic N) is 2. The molecule has 0 bridgehead atoms. The molecule has 4 aromatic rings. The number of carbonyl (C=O) groups excluding carboxylic acids is 4. The summed E-state index contributed by atoms with van der Waals surface area (Å²) >= 11 is 0. The van der Waals surface area contributed by atoms with Crippen molar-refractivity contribution in [2.75, 3.05) is 13.7 Å². The molecule has 58 heavy (non-hydrogen) atoms. The Balaban J connectivity index is 1.16. The van der Waals surface area contributed by atoms with Gasteiger partial charge in [-0.05, 0) is 83.6 Å². The molecule has 4 amide bonds. The maximum atomic E-state index is 14.7. The van der Waals surface area contributed by atoms with E-state index in [-0.39, 0.29) is 19.4 Å². The summed E-state index contributed by atoms with van der Waals surface area (Å²) in [5, 5.41) is 6.42. The van der Waals surface area contributed by atoms with Crippen LogP contribution in [0, 0.1) is 5.92 Å². The van der Waals surface area contributed by atoms with Crippen molar-refractivity contribution in [2.45, 2.75) is 113 Å². The van der Waals surface area contributed by atoms with Crippen molar-refractivity contribution >= 4 is 66.8 Å². The summed E-state index contributed by atoms with van der Waals surface area (Å²) in [5.41, 5.74) is -0.213. The lowest BCUT2D eigenvalue weighted by Gasteiger charge is -2.30. The largest absolute Gasteiger partial charge is 0.497 e. The van der Waals surface area contributed by atoms with Gasteiger partial charge in [-0.1, -0.05) is 37.1 Å². The SMILES string of the molecule is COc1ccc2c(O[C@@H]3C[C@H]4C(=O)N[C@]5(C(=O)NS(=O)(=O)C6CC6)C[C@H]5C=CCCCCC[C@H](NC(=O)OC(C)(C)C)C(=O)N4C3)c3oc4ccccc4c3nc2c1. The third-order valence-corrected chi connectivity index (χ3v) is 13.1. The summed E-state index contributed by atoms with van der Waals surface area (Å²) in [6, 6.07) is 10.7. The molecule has 3 N–H and O–H groups in total. The molecular weight excluding hydrogens is 767 g/mol. The van der Waals surface area contributed by atoms with Gasteiger partial charge in [0.25, 0.3) is 5.91 Å². The van der Waals surface area contributed by atoms with Crippen molar-refractivity contribution in [3.63, 3.8) is 0 Å². The lowest BCUT2D eigenvalue weighted by molar-refractivity contribution is -0.141. The van der Waals surface area contributed by atoms with Crippen LogP contribution in [0.2, 0.25) is 0 Å². The maximum absolute atomic E-state index is 14.7. The molecule has 16 heteroatoms. The number of methoxy groups -OCH3 is 1. The number of alkyl carbamates (subject to hydrolysis) is 1. The van der Waals surface area contributed by atoms with Crippen LogP contribution in [0.25, 0.3) is 33.0 Å². The Morgan fingerprint density at radius 3 is 2.59 bits per heavy atom. The number of hydrogen-bond acceptors (Lipinski definition) is 11. The minimum absolute atomic E-state index is 0.0109. The average Bonchev–Trinajstić information content (AvgIpc) is 4.07. The quantitative estimate of drug-likeness (QED) is 0.203. The van der Waals surface area contributed by atoms with Crippen LogP contribution in [0.15, 0.2) is 59.0 Å². The van der Waals surface area contributed by atoms with Gasteiger partial charge in [0.2, 0.25) is 21.8 Å². The average molecular weight is 816 g/mol. The first kappa shape index (κ1) is 39.4. The number of sulfonamides is 1. The zero-order valence-corrected chi connectivity index (χ0v) is 33.9. The summed E-state index contributed by atoms with van der Waals surface area (Å²) in [4.78, 5) is 62.6. The van der Waals surface area contributed by atoms with E-state index in [2.05, 4.69) is 15.4 Å². The van der Waals surface area contributed by atoms with Crippen molar-refractivity contribution in [3.8, 4) is 11.5 Å². The molecule has 2 aromatic heterocycles. The molecule has 3 fully saturated rings. The molecule has 2 saturated carbocycles. The second-order valence-electron chi connectivity index (χ2n) is 16.8. The highest BCUT2D eigenvalue weighted by molar-refractivity contribution is 7.91. The van der Waals surface area contributed by atoms with Crippen LogP contribution in [0.5, 0.6) is 11.5 Å². The number of para-hydroxylation sites is 1. The third kappa shape index (κ3) is 7.90. The van der Waals surface area contributed by atoms with E-state index in [0.717, 1.165) is 18.2 Å². The van der Waals surface area contributed by atoms with E-state index in [4.69, 9.17) is 23.6 Å². The van der Waals surface area contributed by atoms with E-state index < -0.39 is 74.3 Å². The highest BCUT2D eigenvalue weighted by Crippen LogP contribution is 2.46. The van der Waals surface area contributed by atoms with E-state index in [1.165, 1.54) is 4.90 Å². The molecule has 0 spiro atoms. The molecule has 5 atom stereocenters. The number of benzene rings is 2. The Morgan fingerprint density at radius 2 is 1.83 bits per heavy atom. The van der Waals surface area contributed by atoms with Gasteiger partial charge in [0.05, 0.1) is 24.4 Å². The minimum atomic E-state index is -3.92. The standard InChI is InChI=1S/C42H49N5O10S/c1-41(2,3)57-40(51)44-30-14-9-7-5-6-8-12-24-22-42(24,39(50)46-58(52,53)27-17-18-27)45-37(48)32-21-26(23-47(32)38(30)49)55-35-28-19-16-25(54-4)20-31(28)43-34-29-13-10-11-15-33(29)56-36(34)35/h8,10-13,15-16,19-20,24,26-27,30,32H,5-7,9,14,17-18,21-23H2,1-4H3,(H,44,51)(H,45,48)(H,46,50)/t24-,26-,30+,32+,42-/m1/s1. The van der Waals surface area contributed by atoms with Gasteiger partial charge >= 0.3 is 6.09 Å². The van der Waals surface area contributed by atoms with E-state index in [1.54, 1.807) is 40.0 Å². The van der Waals surface area contributed by atoms with Crippen LogP contribution in [0.3, 0.4) is 0 Å². The van der Waals surface area contributed by atoms with E-state index in [1.807, 2.05) is 42.5 Å². The predicted molar refractivity (Wildman–Crippen MR) is 215 cm³/mol. The molecular formula is C42H49N5O10S. The van der Waals surface area contributed by atoms with Gasteiger partial charge < -0.3 is 34.2 Å². The molecule has 2 aliphatic carbocycles. The Hall–Kier alpha value is -5.38. The summed E-state index contributed by atoms with van der Waals surface area (Å²) in [6.07, 6.45) is 6.53. The predicted octanol–water partition coefficient (Wildman–Crippen LogP) is 5.39. The molecule has 4 aliphatic rings. The van der Waals surface area contributed by atoms with Crippen molar-refractivity contribution in [2.24, 2.45) is 5.92 Å². The number of allylic oxidation sites excluding steroid dienone is 1. The number of hydrogen-bond donors (Lipinski definition) is 3. The minimum Gasteiger partial charge on any atom is -0.497 e. The molecule has 15 nitrogen and oxygen atoms in total. The molecule has 2 aliphatic heterocycles. The first-order valence-electron chi connectivity index (χ1n) is 20.0. The number of pyridine rings is 1. The first-order chi connectivity index (χ1) is 27.7. The fraction of sp³-hybridized carbons (Fsp3) is 0.500. The second-order valence-corrected chi connectivity index (χ2v) is 18.8. The molecule has 0 unspecified atom stereocenters. The van der Waals surface area contributed by atoms with E-state index in [0.29, 0.717) is 71.2 Å². The lowest BCUT2D eigenvalue weighted by atomic mass is 10.0. The van der Waals surface area contributed by atoms with Crippen molar-refractivity contribution in [1.82, 2.24) is 25.2 Å². The fourth-order valence-electron chi connectivity index (χ4n) is 8.04. The number of fused-ring (bicyclic) bond motifs is 6. The van der Waals surface area contributed by atoms with E-state index >= 15 is 0 Å². The Bertz CT molecular complexity index is 2440. The van der Waals surface area contributed by atoms with Gasteiger partial charge in [-0.15, -0.1) is 0 Å². The van der Waals surface area contributed by atoms with Gasteiger partial charge in [-0.3, -0.25) is 19.1 Å². The third-order valence-electron chi connectivity index (χ3n) is 11.3. The zero-order valence-electron chi connectivity index (χ0n) is 33.0. The van der Waals surface area contributed by atoms with Gasteiger partial charge in [0, 0.05) is 29.2 Å². The van der Waals surface area contributed by atoms with Crippen LogP contribution in [0.1, 0.15) is 78.6 Å². The number of nitrogens with one attached hydrogen (secondary N) is 3. The number of carbonyl (C=O) groups is 4. The fourth-order valence-corrected chi connectivity index (χ4v) is 9.41. The Kier molecular flexibility index (Phi) is 10.3. The first-order valence-corrected chi connectivity index (χ1v) is 21.5. The highest BCUT2D eigenvalue weighted by Gasteiger charge is 2.62. The number of furan rings is 1. The Morgan fingerprint density at radius 1 is 1.03 bits per heavy atom. The van der Waals surface area contributed by atoms with Crippen LogP contribution in [-0.4, -0.2) is 90.3 Å². The van der Waals surface area contributed by atoms with Gasteiger partial charge in [-0.2, -0.15) is 0 Å². The van der Waals surface area contributed by atoms with Crippen molar-refractivity contribution < 1.29 is 46.2 Å². The van der Waals surface area contributed by atoms with Crippen LogP contribution in [0.4, 0.5) is 4.79 Å². The molecule has 0 radical (unpaired) electrons. The molecule has 4 heterocycles. The van der Waals surface area contributed by atoms with Gasteiger partial charge in [0.15, 0.2) is 11.3 Å². The smallest absolute Gasteiger partial charge is 0.408 e. The van der Waals surface area contributed by atoms with Crippen LogP contribution >= 0.6 is 0 Å². The number of aromatic nitrogens is 1. The highest BCUT2D eigenvalue weighted by atomic mass is 32.2. The number of amides is 4. The maximum Gasteiger partial charge on any atom is 0.408 e. The number of rotatable bonds is 7. The van der Waals surface area contributed by atoms with Crippen molar-refractivity contribution in [3.05, 3.63) is 54.6 Å². The van der Waals surface area contributed by atoms with Crippen molar-refractivity contribution in [1.29, 1.82) is 0 Å². The number of ether oxygens (including phenoxy) is 3. The zero-order chi connectivity index (χ0) is 41.0. The van der Waals surface area contributed by atoms with E-state index in [9.17, 15) is 27.6 Å². The Labute approximate surface area is 336 Å². The summed E-state index contributed by atoms with van der Waals surface area (Å²) in [7, 11) is -2.35. The topological polar surface area (TPSA) is 195 Å². The summed E-state index contributed by atoms with van der Waals surface area (Å²) in [6.45, 7) is 5.13. The molecule has 2 aromatic carbocycles. The second kappa shape index (κ2) is 15.1. The molecule has 1 saturated heterocycles. The van der Waals surface area contributed by atoms with Gasteiger partial charge in [0.1, 0.15) is 46.2 Å². The van der Waals surface area contributed by atoms with Gasteiger partial charge in [-0.25, -0.2) is 18.2 Å². The lowest BCUT2D eigenvalue weighted by Crippen LogP contribution is -2.58. The molecule has 8 rings (SSSR count). The van der Waals surface area contributed by atoms with Crippen LogP contribution in [-0.2, 0) is 29.1 Å².